The number of aromatic nitrogens is 3. The Hall–Kier alpha value is -2.26. The molecule has 2 aliphatic rings. The van der Waals surface area contributed by atoms with Crippen molar-refractivity contribution < 1.29 is 13.6 Å². The third-order valence-corrected chi connectivity index (χ3v) is 6.84. The summed E-state index contributed by atoms with van der Waals surface area (Å²) in [5.74, 6) is -1.06. The molecule has 2 heterocycles. The molecule has 5 nitrogen and oxygen atoms in total. The first-order chi connectivity index (χ1) is 14.0. The predicted molar refractivity (Wildman–Crippen MR) is 109 cm³/mol. The second-order valence-electron chi connectivity index (χ2n) is 7.14. The molecule has 5 rings (SSSR count). The lowest BCUT2D eigenvalue weighted by Crippen LogP contribution is -2.39. The van der Waals surface area contributed by atoms with Gasteiger partial charge in [0.1, 0.15) is 5.25 Å². The van der Waals surface area contributed by atoms with Crippen LogP contribution in [0.4, 0.5) is 8.78 Å². The van der Waals surface area contributed by atoms with Crippen LogP contribution >= 0.6 is 27.7 Å². The van der Waals surface area contributed by atoms with E-state index in [1.807, 2.05) is 28.9 Å². The first-order valence-electron chi connectivity index (χ1n) is 9.14. The Labute approximate surface area is 178 Å². The van der Waals surface area contributed by atoms with Crippen LogP contribution < -0.4 is 5.43 Å². The zero-order chi connectivity index (χ0) is 20.1. The van der Waals surface area contributed by atoms with E-state index in [0.29, 0.717) is 11.1 Å². The van der Waals surface area contributed by atoms with E-state index in [1.165, 1.54) is 17.8 Å². The summed E-state index contributed by atoms with van der Waals surface area (Å²) in [6.45, 7) is 0. The van der Waals surface area contributed by atoms with Crippen LogP contribution in [0, 0.1) is 11.6 Å². The number of fused-ring (bicyclic) bond motifs is 1. The molecule has 1 fully saturated rings. The molecule has 0 saturated heterocycles. The number of nitrogens with one attached hydrogen (secondary N) is 1. The zero-order valence-corrected chi connectivity index (χ0v) is 17.4. The Bertz CT molecular complexity index is 1100. The molecule has 0 radical (unpaired) electrons. The number of nitrogens with zero attached hydrogens (tertiary/aromatic N) is 3. The number of carbonyl (C=O) groups excluding carboxylic acids is 1. The summed E-state index contributed by atoms with van der Waals surface area (Å²) in [7, 11) is 0. The van der Waals surface area contributed by atoms with Gasteiger partial charge < -0.3 is 5.43 Å². The Morgan fingerprint density at radius 1 is 1.10 bits per heavy atom. The van der Waals surface area contributed by atoms with Gasteiger partial charge in [-0.3, -0.25) is 4.79 Å². The van der Waals surface area contributed by atoms with Crippen molar-refractivity contribution in [2.75, 3.05) is 5.43 Å². The lowest BCUT2D eigenvalue weighted by atomic mass is 9.97. The SMILES string of the molecule is O=C(c1ccc(F)c(F)c1)[C@@H]1Sc2nnc(C3CC3)n2N[C@H]1c1ccc(Br)cc1. The van der Waals surface area contributed by atoms with Gasteiger partial charge in [-0.1, -0.05) is 39.8 Å². The average molecular weight is 477 g/mol. The van der Waals surface area contributed by atoms with E-state index < -0.39 is 16.9 Å². The number of rotatable bonds is 4. The Kier molecular flexibility index (Phi) is 4.66. The van der Waals surface area contributed by atoms with E-state index in [1.54, 1.807) is 0 Å². The molecule has 1 aliphatic carbocycles. The minimum atomic E-state index is -1.04. The summed E-state index contributed by atoms with van der Waals surface area (Å²) in [6, 6.07) is 10.5. The molecule has 1 N–H and O–H groups in total. The number of hydrogen-bond donors (Lipinski definition) is 1. The summed E-state index contributed by atoms with van der Waals surface area (Å²) in [6.07, 6.45) is 2.15. The minimum absolute atomic E-state index is 0.126. The lowest BCUT2D eigenvalue weighted by Gasteiger charge is -2.33. The highest BCUT2D eigenvalue weighted by atomic mass is 79.9. The molecule has 0 spiro atoms. The van der Waals surface area contributed by atoms with Crippen molar-refractivity contribution in [1.82, 2.24) is 14.9 Å². The Balaban J connectivity index is 1.55. The van der Waals surface area contributed by atoms with E-state index in [0.717, 1.165) is 40.8 Å². The number of halogens is 3. The average Bonchev–Trinajstić information content (AvgIpc) is 3.48. The van der Waals surface area contributed by atoms with Gasteiger partial charge in [0, 0.05) is 16.0 Å². The third-order valence-electron chi connectivity index (χ3n) is 5.10. The van der Waals surface area contributed by atoms with E-state index in [9.17, 15) is 13.6 Å². The van der Waals surface area contributed by atoms with Crippen LogP contribution in [0.2, 0.25) is 0 Å². The predicted octanol–water partition coefficient (Wildman–Crippen LogP) is 4.84. The summed E-state index contributed by atoms with van der Waals surface area (Å²) < 4.78 is 29.9. The van der Waals surface area contributed by atoms with Crippen LogP contribution in [0.15, 0.2) is 52.1 Å². The molecule has 148 valence electrons. The fourth-order valence-electron chi connectivity index (χ4n) is 3.41. The molecule has 29 heavy (non-hydrogen) atoms. The van der Waals surface area contributed by atoms with Crippen molar-refractivity contribution in [2.45, 2.75) is 35.2 Å². The highest BCUT2D eigenvalue weighted by molar-refractivity contribution is 9.10. The maximum atomic E-state index is 13.7. The molecule has 0 unspecified atom stereocenters. The Morgan fingerprint density at radius 3 is 2.55 bits per heavy atom. The fraction of sp³-hybridized carbons (Fsp3) is 0.250. The molecule has 2 atom stereocenters. The molecule has 2 aromatic carbocycles. The lowest BCUT2D eigenvalue weighted by molar-refractivity contribution is 0.0979. The summed E-state index contributed by atoms with van der Waals surface area (Å²) in [5, 5.41) is 8.52. The second kappa shape index (κ2) is 7.21. The number of carbonyl (C=O) groups is 1. The quantitative estimate of drug-likeness (QED) is 0.546. The normalized spacial score (nSPS) is 20.8. The first kappa shape index (κ1) is 18.7. The summed E-state index contributed by atoms with van der Waals surface area (Å²) >= 11 is 4.72. The highest BCUT2D eigenvalue weighted by Crippen LogP contribution is 2.44. The molecule has 0 bridgehead atoms. The number of thioether (sulfide) groups is 1. The molecule has 0 amide bonds. The van der Waals surface area contributed by atoms with Crippen LogP contribution in [0.25, 0.3) is 0 Å². The Morgan fingerprint density at radius 2 is 1.86 bits per heavy atom. The molecule has 1 aromatic heterocycles. The van der Waals surface area contributed by atoms with Gasteiger partial charge in [0.05, 0.1) is 6.04 Å². The highest BCUT2D eigenvalue weighted by Gasteiger charge is 2.40. The van der Waals surface area contributed by atoms with E-state index in [4.69, 9.17) is 0 Å². The topological polar surface area (TPSA) is 59.8 Å². The second-order valence-corrected chi connectivity index (χ2v) is 9.16. The summed E-state index contributed by atoms with van der Waals surface area (Å²) in [5.41, 5.74) is 4.43. The monoisotopic (exact) mass is 476 g/mol. The number of ketones is 1. The van der Waals surface area contributed by atoms with Crippen molar-refractivity contribution in [2.24, 2.45) is 0 Å². The van der Waals surface area contributed by atoms with Gasteiger partial charge in [-0.05, 0) is 48.7 Å². The van der Waals surface area contributed by atoms with E-state index >= 15 is 0 Å². The molecule has 1 saturated carbocycles. The van der Waals surface area contributed by atoms with Gasteiger partial charge in [-0.2, -0.15) is 0 Å². The zero-order valence-electron chi connectivity index (χ0n) is 15.0. The van der Waals surface area contributed by atoms with Crippen LogP contribution in [-0.4, -0.2) is 25.9 Å². The van der Waals surface area contributed by atoms with Crippen molar-refractivity contribution in [3.8, 4) is 0 Å². The maximum absolute atomic E-state index is 13.7. The molecule has 9 heteroatoms. The third kappa shape index (κ3) is 3.46. The van der Waals surface area contributed by atoms with E-state index in [-0.39, 0.29) is 17.4 Å². The van der Waals surface area contributed by atoms with Crippen molar-refractivity contribution in [3.63, 3.8) is 0 Å². The van der Waals surface area contributed by atoms with Gasteiger partial charge in [-0.25, -0.2) is 13.5 Å². The largest absolute Gasteiger partial charge is 0.313 e. The van der Waals surface area contributed by atoms with Crippen LogP contribution in [0.3, 0.4) is 0 Å². The van der Waals surface area contributed by atoms with E-state index in [2.05, 4.69) is 31.6 Å². The fourth-order valence-corrected chi connectivity index (χ4v) is 4.84. The maximum Gasteiger partial charge on any atom is 0.210 e. The van der Waals surface area contributed by atoms with Gasteiger partial charge in [0.2, 0.25) is 5.16 Å². The van der Waals surface area contributed by atoms with Gasteiger partial charge >= 0.3 is 0 Å². The van der Waals surface area contributed by atoms with Crippen molar-refractivity contribution in [1.29, 1.82) is 0 Å². The number of hydrogen-bond acceptors (Lipinski definition) is 5. The van der Waals surface area contributed by atoms with Crippen LogP contribution in [0.1, 0.15) is 46.5 Å². The standard InChI is InChI=1S/C20H15BrF2N4OS/c21-13-6-3-10(4-7-13)16-18(17(28)12-5-8-14(22)15(23)9-12)29-20-25-24-19(11-1-2-11)27(20)26-16/h3-9,11,16,18,26H,1-2H2/t16-,18+/m0/s1. The molecular weight excluding hydrogens is 462 g/mol. The van der Waals surface area contributed by atoms with Gasteiger partial charge in [0.15, 0.2) is 23.2 Å². The molecule has 1 aliphatic heterocycles. The van der Waals surface area contributed by atoms with Gasteiger partial charge in [0.25, 0.3) is 0 Å². The van der Waals surface area contributed by atoms with Gasteiger partial charge in [-0.15, -0.1) is 10.2 Å². The first-order valence-corrected chi connectivity index (χ1v) is 10.8. The smallest absolute Gasteiger partial charge is 0.210 e. The molecular formula is C20H15BrF2N4OS. The van der Waals surface area contributed by atoms with Crippen molar-refractivity contribution in [3.05, 3.63) is 75.5 Å². The van der Waals surface area contributed by atoms with Crippen LogP contribution in [0.5, 0.6) is 0 Å². The minimum Gasteiger partial charge on any atom is -0.313 e. The summed E-state index contributed by atoms with van der Waals surface area (Å²) in [4.78, 5) is 13.3. The van der Waals surface area contributed by atoms with Crippen molar-refractivity contribution >= 4 is 33.5 Å². The number of Topliss-reactive ketones (excluding diaryl/α,β-unsaturated/α-hetero) is 1. The number of benzene rings is 2. The van der Waals surface area contributed by atoms with Crippen LogP contribution in [-0.2, 0) is 0 Å². The molecule has 3 aromatic rings.